The number of piperidine rings is 1. The molecule has 2 rings (SSSR count). The van der Waals surface area contributed by atoms with Crippen molar-refractivity contribution in [1.82, 2.24) is 4.90 Å². The molecule has 19 heavy (non-hydrogen) atoms. The van der Waals surface area contributed by atoms with Gasteiger partial charge >= 0.3 is 0 Å². The highest BCUT2D eigenvalue weighted by atomic mass is 127. The summed E-state index contributed by atoms with van der Waals surface area (Å²) in [6.07, 6.45) is 7.71. The van der Waals surface area contributed by atoms with Gasteiger partial charge in [0.2, 0.25) is 0 Å². The molecule has 1 saturated carbocycles. The van der Waals surface area contributed by atoms with Crippen LogP contribution in [0.15, 0.2) is 4.99 Å². The molecule has 2 aliphatic rings. The zero-order valence-corrected chi connectivity index (χ0v) is 14.3. The zero-order valence-electron chi connectivity index (χ0n) is 12.0. The van der Waals surface area contributed by atoms with E-state index in [1.807, 2.05) is 0 Å². The van der Waals surface area contributed by atoms with E-state index in [-0.39, 0.29) is 24.0 Å². The molecular formula is C14H28IN3O. The highest BCUT2D eigenvalue weighted by Gasteiger charge is 2.29. The predicted octanol–water partition coefficient (Wildman–Crippen LogP) is 2.35. The summed E-state index contributed by atoms with van der Waals surface area (Å²) in [6.45, 7) is 4.75. The maximum absolute atomic E-state index is 10.4. The zero-order chi connectivity index (χ0) is 13.0. The van der Waals surface area contributed by atoms with E-state index in [9.17, 15) is 5.11 Å². The molecule has 1 saturated heterocycles. The minimum Gasteiger partial charge on any atom is -0.388 e. The Morgan fingerprint density at radius 2 is 2.00 bits per heavy atom. The fourth-order valence-electron chi connectivity index (χ4n) is 3.09. The Morgan fingerprint density at radius 3 is 2.63 bits per heavy atom. The molecule has 0 aromatic rings. The number of nitrogens with zero attached hydrogens (tertiary/aromatic N) is 2. The van der Waals surface area contributed by atoms with E-state index < -0.39 is 5.60 Å². The summed E-state index contributed by atoms with van der Waals surface area (Å²) >= 11 is 0. The third-order valence-corrected chi connectivity index (χ3v) is 4.30. The second-order valence-corrected chi connectivity index (χ2v) is 6.15. The van der Waals surface area contributed by atoms with Gasteiger partial charge in [-0.05, 0) is 31.6 Å². The molecule has 0 aromatic carbocycles. The van der Waals surface area contributed by atoms with E-state index in [1.54, 1.807) is 0 Å². The Bertz CT molecular complexity index is 303. The highest BCUT2D eigenvalue weighted by Crippen LogP contribution is 2.28. The van der Waals surface area contributed by atoms with E-state index in [0.717, 1.165) is 38.8 Å². The summed E-state index contributed by atoms with van der Waals surface area (Å²) in [5.74, 6) is 1.32. The van der Waals surface area contributed by atoms with Crippen molar-refractivity contribution in [2.24, 2.45) is 16.6 Å². The third kappa shape index (κ3) is 5.10. The second-order valence-electron chi connectivity index (χ2n) is 6.15. The molecule has 1 unspecified atom stereocenters. The Kier molecular flexibility index (Phi) is 6.86. The summed E-state index contributed by atoms with van der Waals surface area (Å²) in [7, 11) is 0. The first-order valence-electron chi connectivity index (χ1n) is 7.36. The molecule has 0 bridgehead atoms. The quantitative estimate of drug-likeness (QED) is 0.439. The van der Waals surface area contributed by atoms with Gasteiger partial charge in [0.15, 0.2) is 5.96 Å². The first kappa shape index (κ1) is 17.0. The lowest BCUT2D eigenvalue weighted by Crippen LogP contribution is -2.44. The molecule has 1 aliphatic carbocycles. The molecule has 0 spiro atoms. The third-order valence-electron chi connectivity index (χ3n) is 4.30. The average molecular weight is 381 g/mol. The topological polar surface area (TPSA) is 61.8 Å². The summed E-state index contributed by atoms with van der Waals surface area (Å²) in [4.78, 5) is 6.62. The lowest BCUT2D eigenvalue weighted by molar-refractivity contribution is 0.0129. The van der Waals surface area contributed by atoms with Crippen LogP contribution in [0, 0.1) is 5.92 Å². The predicted molar refractivity (Wildman–Crippen MR) is 89.9 cm³/mol. The molecule has 1 heterocycles. The molecule has 0 amide bonds. The van der Waals surface area contributed by atoms with Crippen molar-refractivity contribution in [3.8, 4) is 0 Å². The molecule has 1 atom stereocenters. The number of nitrogens with two attached hydrogens (primary N) is 1. The number of rotatable bonds is 2. The Hall–Kier alpha value is -0.0400. The number of hydrogen-bond acceptors (Lipinski definition) is 2. The fraction of sp³-hybridized carbons (Fsp3) is 0.929. The van der Waals surface area contributed by atoms with Crippen LogP contribution in [-0.4, -0.2) is 41.2 Å². The highest BCUT2D eigenvalue weighted by molar-refractivity contribution is 14.0. The summed E-state index contributed by atoms with van der Waals surface area (Å²) in [5.41, 5.74) is 5.46. The first-order chi connectivity index (χ1) is 8.59. The lowest BCUT2D eigenvalue weighted by atomic mass is 9.85. The molecule has 4 nitrogen and oxygen atoms in total. The number of guanidine groups is 1. The largest absolute Gasteiger partial charge is 0.388 e. The standard InChI is InChI=1S/C14H27N3O.HI/c1-12-6-5-9-17(10-12)13(15)16-11-14(18)7-3-2-4-8-14;/h12,18H,2-11H2,1H3,(H2,15,16);1H. The number of likely N-dealkylation sites (tertiary alicyclic amines) is 1. The van der Waals surface area contributed by atoms with Gasteiger partial charge in [-0.1, -0.05) is 26.2 Å². The molecule has 0 aromatic heterocycles. The van der Waals surface area contributed by atoms with E-state index in [1.165, 1.54) is 19.3 Å². The molecular weight excluding hydrogens is 353 g/mol. The van der Waals surface area contributed by atoms with E-state index in [2.05, 4.69) is 16.8 Å². The van der Waals surface area contributed by atoms with E-state index in [0.29, 0.717) is 18.4 Å². The molecule has 1 aliphatic heterocycles. The summed E-state index contributed by atoms with van der Waals surface area (Å²) < 4.78 is 0. The maximum Gasteiger partial charge on any atom is 0.191 e. The van der Waals surface area contributed by atoms with Crippen LogP contribution in [0.3, 0.4) is 0 Å². The Morgan fingerprint density at radius 1 is 1.32 bits per heavy atom. The Balaban J connectivity index is 0.00000180. The molecule has 5 heteroatoms. The van der Waals surface area contributed by atoms with Crippen molar-refractivity contribution < 1.29 is 5.11 Å². The lowest BCUT2D eigenvalue weighted by Gasteiger charge is -2.33. The van der Waals surface area contributed by atoms with Crippen molar-refractivity contribution >= 4 is 29.9 Å². The van der Waals surface area contributed by atoms with Crippen LogP contribution in [0.25, 0.3) is 0 Å². The van der Waals surface area contributed by atoms with Gasteiger partial charge in [0.05, 0.1) is 12.1 Å². The second kappa shape index (κ2) is 7.67. The van der Waals surface area contributed by atoms with Gasteiger partial charge in [-0.25, -0.2) is 0 Å². The summed E-state index contributed by atoms with van der Waals surface area (Å²) in [6, 6.07) is 0. The van der Waals surface area contributed by atoms with Crippen LogP contribution in [0.2, 0.25) is 0 Å². The fourth-order valence-corrected chi connectivity index (χ4v) is 3.09. The van der Waals surface area contributed by atoms with E-state index in [4.69, 9.17) is 5.73 Å². The number of hydrogen-bond donors (Lipinski definition) is 2. The van der Waals surface area contributed by atoms with Crippen LogP contribution in [0.1, 0.15) is 51.9 Å². The SMILES string of the molecule is CC1CCCN(C(N)=NCC2(O)CCCCC2)C1.I. The van der Waals surface area contributed by atoms with Crippen molar-refractivity contribution in [2.45, 2.75) is 57.5 Å². The van der Waals surface area contributed by atoms with Gasteiger partial charge in [-0.15, -0.1) is 24.0 Å². The van der Waals surface area contributed by atoms with Crippen molar-refractivity contribution in [1.29, 1.82) is 0 Å². The monoisotopic (exact) mass is 381 g/mol. The maximum atomic E-state index is 10.4. The number of halogens is 1. The van der Waals surface area contributed by atoms with Gasteiger partial charge in [-0.3, -0.25) is 4.99 Å². The molecule has 112 valence electrons. The van der Waals surface area contributed by atoms with Crippen molar-refractivity contribution in [2.75, 3.05) is 19.6 Å². The van der Waals surface area contributed by atoms with Gasteiger partial charge in [0.1, 0.15) is 0 Å². The minimum absolute atomic E-state index is 0. The van der Waals surface area contributed by atoms with Gasteiger partial charge in [-0.2, -0.15) is 0 Å². The van der Waals surface area contributed by atoms with Crippen LogP contribution >= 0.6 is 24.0 Å². The minimum atomic E-state index is -0.593. The van der Waals surface area contributed by atoms with Crippen LogP contribution in [0.5, 0.6) is 0 Å². The van der Waals surface area contributed by atoms with Crippen molar-refractivity contribution in [3.05, 3.63) is 0 Å². The average Bonchev–Trinajstić information content (AvgIpc) is 2.37. The summed E-state index contributed by atoms with van der Waals surface area (Å²) in [5, 5.41) is 10.4. The normalized spacial score (nSPS) is 27.8. The Labute approximate surface area is 133 Å². The first-order valence-corrected chi connectivity index (χ1v) is 7.36. The van der Waals surface area contributed by atoms with Crippen molar-refractivity contribution in [3.63, 3.8) is 0 Å². The van der Waals surface area contributed by atoms with Crippen LogP contribution in [0.4, 0.5) is 0 Å². The molecule has 2 fully saturated rings. The molecule has 0 radical (unpaired) electrons. The molecule has 3 N–H and O–H groups in total. The van der Waals surface area contributed by atoms with Gasteiger partial charge in [0.25, 0.3) is 0 Å². The van der Waals surface area contributed by atoms with Gasteiger partial charge < -0.3 is 15.7 Å². The van der Waals surface area contributed by atoms with E-state index >= 15 is 0 Å². The van der Waals surface area contributed by atoms with Gasteiger partial charge in [0, 0.05) is 13.1 Å². The number of aliphatic imine (C=N–C) groups is 1. The smallest absolute Gasteiger partial charge is 0.191 e. The number of aliphatic hydroxyl groups is 1. The van der Waals surface area contributed by atoms with Crippen LogP contribution < -0.4 is 5.73 Å². The van der Waals surface area contributed by atoms with Crippen LogP contribution in [-0.2, 0) is 0 Å².